The molecule has 0 spiro atoms. The first-order valence-electron chi connectivity index (χ1n) is 20.7. The summed E-state index contributed by atoms with van der Waals surface area (Å²) in [4.78, 5) is 28.3. The van der Waals surface area contributed by atoms with Crippen molar-refractivity contribution >= 4 is 17.6 Å². The second-order valence-electron chi connectivity index (χ2n) is 20.3. The minimum atomic E-state index is -0.280. The summed E-state index contributed by atoms with van der Waals surface area (Å²) in [6.07, 6.45) is 18.1. The van der Waals surface area contributed by atoms with Crippen molar-refractivity contribution in [2.45, 2.75) is 131 Å². The van der Waals surface area contributed by atoms with Gasteiger partial charge in [-0.3, -0.25) is 0 Å². The molecule has 2 unspecified atom stereocenters. The highest BCUT2D eigenvalue weighted by molar-refractivity contribution is 5.90. The van der Waals surface area contributed by atoms with E-state index >= 15 is 0 Å². The van der Waals surface area contributed by atoms with E-state index in [2.05, 4.69) is 70.0 Å². The predicted molar refractivity (Wildman–Crippen MR) is 203 cm³/mol. The molecule has 2 amide bonds. The van der Waals surface area contributed by atoms with Gasteiger partial charge in [0.05, 0.1) is 12.7 Å². The number of benzene rings is 1. The molecule has 2 N–H and O–H groups in total. The van der Waals surface area contributed by atoms with Crippen molar-refractivity contribution in [3.8, 4) is 0 Å². The largest absolute Gasteiger partial charge is 0.465 e. The molecule has 6 nitrogen and oxygen atoms in total. The number of urea groups is 1. The maximum Gasteiger partial charge on any atom is 0.337 e. The van der Waals surface area contributed by atoms with E-state index in [4.69, 9.17) is 4.74 Å². The van der Waals surface area contributed by atoms with Crippen LogP contribution in [0.2, 0.25) is 0 Å². The minimum Gasteiger partial charge on any atom is -0.465 e. The minimum absolute atomic E-state index is 0.0353. The zero-order valence-electron chi connectivity index (χ0n) is 32.8. The van der Waals surface area contributed by atoms with Gasteiger partial charge in [0.2, 0.25) is 0 Å². The number of aliphatic hydroxyl groups excluding tert-OH is 1. The van der Waals surface area contributed by atoms with Crippen molar-refractivity contribution in [1.82, 2.24) is 10.2 Å². The third kappa shape index (κ3) is 5.17. The molecule has 1 aliphatic heterocycles. The van der Waals surface area contributed by atoms with E-state index in [1.165, 1.54) is 69.6 Å². The van der Waals surface area contributed by atoms with Gasteiger partial charge < -0.3 is 20.1 Å². The standard InChI is InChI=1S/C45H66N2O4/c1-40(2)32(30-8-10-31(11-9-30)38(49)51-7)14-19-42(4)35(40)16-20-44(6)36(42)13-12-34-37-33(41(3)22-23-41)15-21-45(37,25-24-43(34,44)5)46-39(50)47-26-17-29(28-48)18-27-47/h8-11,14,29,33-37,48H,12-13,15-28H2,1-7H3,(H,46,50)/t33-,34-,35+,36?,37?,42+,43-,44-,45+/m1/s1. The van der Waals surface area contributed by atoms with E-state index in [1.807, 2.05) is 12.1 Å². The topological polar surface area (TPSA) is 78.9 Å². The number of esters is 1. The molecule has 7 aliphatic rings. The fraction of sp³-hybridized carbons (Fsp3) is 0.778. The van der Waals surface area contributed by atoms with Gasteiger partial charge in [-0.15, -0.1) is 0 Å². The summed E-state index contributed by atoms with van der Waals surface area (Å²) in [6.45, 7) is 17.4. The number of allylic oxidation sites excluding steroid dienone is 2. The van der Waals surface area contributed by atoms with E-state index in [-0.39, 0.29) is 45.8 Å². The Kier molecular flexibility index (Phi) is 8.45. The number of fused-ring (bicyclic) bond motifs is 7. The number of carbonyl (C=O) groups is 2. The molecule has 8 rings (SSSR count). The first-order valence-corrected chi connectivity index (χ1v) is 20.7. The maximum absolute atomic E-state index is 14.1. The van der Waals surface area contributed by atoms with Crippen LogP contribution in [0.3, 0.4) is 0 Å². The Hall–Kier alpha value is -2.34. The van der Waals surface area contributed by atoms with Crippen molar-refractivity contribution in [3.63, 3.8) is 0 Å². The number of hydrogen-bond acceptors (Lipinski definition) is 4. The molecule has 51 heavy (non-hydrogen) atoms. The van der Waals surface area contributed by atoms with Crippen LogP contribution in [0.5, 0.6) is 0 Å². The van der Waals surface area contributed by atoms with Crippen molar-refractivity contribution in [1.29, 1.82) is 0 Å². The Bertz CT molecular complexity index is 1570. The van der Waals surface area contributed by atoms with Gasteiger partial charge in [-0.1, -0.05) is 59.8 Å². The smallest absolute Gasteiger partial charge is 0.337 e. The SMILES string of the molecule is COC(=O)c1ccc(C2=CC[C@]3(C)C4CC[C@@H]5C6[C@H](C7(C)CC7)CC[C@]6(NC(=O)N6CCC(CO)CC6)CC[C@@]5(C)[C@]4(C)CC[C@H]3C2(C)C)cc1. The zero-order chi connectivity index (χ0) is 36.2. The van der Waals surface area contributed by atoms with Crippen LogP contribution < -0.4 is 5.32 Å². The van der Waals surface area contributed by atoms with E-state index in [9.17, 15) is 14.7 Å². The lowest BCUT2D eigenvalue weighted by Gasteiger charge is -2.72. The molecule has 5 saturated carbocycles. The van der Waals surface area contributed by atoms with Gasteiger partial charge in [-0.25, -0.2) is 9.59 Å². The predicted octanol–water partition coefficient (Wildman–Crippen LogP) is 9.51. The van der Waals surface area contributed by atoms with Gasteiger partial charge in [-0.2, -0.15) is 0 Å². The Balaban J connectivity index is 1.09. The average Bonchev–Trinajstić information content (AvgIpc) is 3.75. The van der Waals surface area contributed by atoms with E-state index in [0.29, 0.717) is 46.5 Å². The molecule has 0 radical (unpaired) electrons. The molecule has 1 aromatic rings. The van der Waals surface area contributed by atoms with Gasteiger partial charge in [0, 0.05) is 25.2 Å². The lowest BCUT2D eigenvalue weighted by atomic mass is 9.32. The monoisotopic (exact) mass is 699 g/mol. The molecule has 1 saturated heterocycles. The Morgan fingerprint density at radius 3 is 2.16 bits per heavy atom. The van der Waals surface area contributed by atoms with Crippen LogP contribution in [0.1, 0.15) is 141 Å². The normalized spacial score (nSPS) is 42.4. The lowest BCUT2D eigenvalue weighted by Crippen LogP contribution is -2.69. The average molecular weight is 699 g/mol. The van der Waals surface area contributed by atoms with Gasteiger partial charge in [0.15, 0.2) is 0 Å². The van der Waals surface area contributed by atoms with Crippen LogP contribution in [-0.2, 0) is 4.74 Å². The Morgan fingerprint density at radius 2 is 1.51 bits per heavy atom. The first kappa shape index (κ1) is 35.7. The summed E-state index contributed by atoms with van der Waals surface area (Å²) in [5.41, 5.74) is 4.45. The number of methoxy groups -OCH3 is 1. The third-order valence-electron chi connectivity index (χ3n) is 18.1. The molecule has 0 aromatic heterocycles. The van der Waals surface area contributed by atoms with Crippen LogP contribution in [0.25, 0.3) is 5.57 Å². The summed E-state index contributed by atoms with van der Waals surface area (Å²) in [7, 11) is 1.45. The molecule has 6 heteroatoms. The number of ether oxygens (including phenoxy) is 1. The molecular formula is C45H66N2O4. The second-order valence-corrected chi connectivity index (χ2v) is 20.3. The van der Waals surface area contributed by atoms with E-state index in [0.717, 1.165) is 45.2 Å². The molecule has 0 bridgehead atoms. The maximum atomic E-state index is 14.1. The van der Waals surface area contributed by atoms with Crippen LogP contribution in [0, 0.1) is 62.6 Å². The number of rotatable bonds is 5. The summed E-state index contributed by atoms with van der Waals surface area (Å²) in [5, 5.41) is 13.6. The van der Waals surface area contributed by atoms with Crippen molar-refractivity contribution in [2.24, 2.45) is 62.6 Å². The van der Waals surface area contributed by atoms with Gasteiger partial charge in [0.1, 0.15) is 0 Å². The zero-order valence-corrected chi connectivity index (χ0v) is 32.8. The molecule has 1 heterocycles. The fourth-order valence-corrected chi connectivity index (χ4v) is 14.8. The number of likely N-dealkylation sites (tertiary alicyclic amines) is 1. The highest BCUT2D eigenvalue weighted by Gasteiger charge is 2.72. The number of nitrogens with zero attached hydrogens (tertiary/aromatic N) is 1. The Labute approximate surface area is 307 Å². The summed E-state index contributed by atoms with van der Waals surface area (Å²) >= 11 is 0. The van der Waals surface area contributed by atoms with E-state index < -0.39 is 0 Å². The fourth-order valence-electron chi connectivity index (χ4n) is 14.8. The number of hydrogen-bond donors (Lipinski definition) is 2. The first-order chi connectivity index (χ1) is 24.2. The second kappa shape index (κ2) is 12.1. The molecule has 6 aliphatic carbocycles. The number of carbonyl (C=O) groups excluding carboxylic acids is 2. The number of piperidine rings is 1. The molecule has 280 valence electrons. The quantitative estimate of drug-likeness (QED) is 0.301. The molecular weight excluding hydrogens is 633 g/mol. The van der Waals surface area contributed by atoms with Gasteiger partial charge >= 0.3 is 12.0 Å². The molecule has 6 fully saturated rings. The molecule has 9 atom stereocenters. The number of aliphatic hydroxyl groups is 1. The van der Waals surface area contributed by atoms with Crippen LogP contribution >= 0.6 is 0 Å². The van der Waals surface area contributed by atoms with Crippen LogP contribution in [0.4, 0.5) is 4.79 Å². The van der Waals surface area contributed by atoms with Gasteiger partial charge in [0.25, 0.3) is 0 Å². The van der Waals surface area contributed by atoms with Crippen LogP contribution in [-0.4, -0.2) is 54.4 Å². The molecule has 1 aromatic carbocycles. The lowest BCUT2D eigenvalue weighted by molar-refractivity contribution is -0.221. The van der Waals surface area contributed by atoms with Crippen LogP contribution in [0.15, 0.2) is 30.3 Å². The van der Waals surface area contributed by atoms with E-state index in [1.54, 1.807) is 0 Å². The van der Waals surface area contributed by atoms with Crippen molar-refractivity contribution in [3.05, 3.63) is 41.5 Å². The summed E-state index contributed by atoms with van der Waals surface area (Å²) in [6, 6.07) is 8.28. The van der Waals surface area contributed by atoms with Crippen molar-refractivity contribution in [2.75, 3.05) is 26.8 Å². The Morgan fingerprint density at radius 1 is 0.804 bits per heavy atom. The highest BCUT2D eigenvalue weighted by atomic mass is 16.5. The summed E-state index contributed by atoms with van der Waals surface area (Å²) in [5.74, 6) is 3.25. The number of amides is 2. The summed E-state index contributed by atoms with van der Waals surface area (Å²) < 4.78 is 4.97. The highest BCUT2D eigenvalue weighted by Crippen LogP contribution is 2.78. The van der Waals surface area contributed by atoms with Crippen molar-refractivity contribution < 1.29 is 19.4 Å². The third-order valence-corrected chi connectivity index (χ3v) is 18.1. The number of nitrogens with one attached hydrogen (secondary N) is 1. The van der Waals surface area contributed by atoms with Gasteiger partial charge in [-0.05, 0) is 169 Å².